The fourth-order valence-corrected chi connectivity index (χ4v) is 2.24. The molecule has 0 aliphatic heterocycles. The molecule has 1 aromatic heterocycles. The number of rotatable bonds is 3. The van der Waals surface area contributed by atoms with Gasteiger partial charge in [0.15, 0.2) is 0 Å². The molecule has 0 unspecified atom stereocenters. The van der Waals surface area contributed by atoms with E-state index in [9.17, 15) is 20.0 Å². The molecule has 0 spiro atoms. The summed E-state index contributed by atoms with van der Waals surface area (Å²) in [7, 11) is 0. The Morgan fingerprint density at radius 3 is 2.75 bits per heavy atom. The molecular weight excluding hydrogens is 312 g/mol. The van der Waals surface area contributed by atoms with Crippen molar-refractivity contribution in [2.45, 2.75) is 6.92 Å². The van der Waals surface area contributed by atoms with E-state index in [-0.39, 0.29) is 16.8 Å². The predicted octanol–water partition coefficient (Wildman–Crippen LogP) is 1.57. The van der Waals surface area contributed by atoms with Crippen LogP contribution < -0.4 is 10.7 Å². The van der Waals surface area contributed by atoms with Crippen molar-refractivity contribution in [3.8, 4) is 5.75 Å². The number of benzene rings is 2. The Morgan fingerprint density at radius 1 is 1.25 bits per heavy atom. The lowest BCUT2D eigenvalue weighted by atomic mass is 10.2. The van der Waals surface area contributed by atoms with Crippen LogP contribution >= 0.6 is 0 Å². The number of para-hydroxylation sites is 1. The van der Waals surface area contributed by atoms with Crippen LogP contribution in [0, 0.1) is 17.0 Å². The van der Waals surface area contributed by atoms with E-state index in [0.717, 1.165) is 29.1 Å². The number of aryl methyl sites for hydroxylation is 1. The molecule has 0 radical (unpaired) electrons. The van der Waals surface area contributed by atoms with Crippen LogP contribution in [0.1, 0.15) is 11.4 Å². The van der Waals surface area contributed by atoms with Crippen molar-refractivity contribution in [2.24, 2.45) is 5.10 Å². The SMILES string of the molecule is Cc1nc2ccccc2c(=O)n1N=Cc1cc([N+](=O)[O-])ccc1[O-]. The van der Waals surface area contributed by atoms with Crippen LogP contribution in [0.3, 0.4) is 0 Å². The summed E-state index contributed by atoms with van der Waals surface area (Å²) in [6.07, 6.45) is 1.13. The second-order valence-corrected chi connectivity index (χ2v) is 5.02. The van der Waals surface area contributed by atoms with Gasteiger partial charge in [0.05, 0.1) is 22.0 Å². The molecule has 3 aromatic rings. The summed E-state index contributed by atoms with van der Waals surface area (Å²) in [6.45, 7) is 1.61. The monoisotopic (exact) mass is 323 g/mol. The number of nitro groups is 1. The molecule has 0 fully saturated rings. The summed E-state index contributed by atoms with van der Waals surface area (Å²) >= 11 is 0. The highest BCUT2D eigenvalue weighted by molar-refractivity contribution is 5.84. The number of hydrogen-bond acceptors (Lipinski definition) is 6. The van der Waals surface area contributed by atoms with Crippen LogP contribution in [0.15, 0.2) is 52.4 Å². The van der Waals surface area contributed by atoms with Crippen LogP contribution in [-0.4, -0.2) is 20.8 Å². The van der Waals surface area contributed by atoms with Crippen LogP contribution in [0.2, 0.25) is 0 Å². The van der Waals surface area contributed by atoms with Gasteiger partial charge in [0.2, 0.25) is 0 Å². The standard InChI is InChI=1S/C16H12N4O4/c1-10-18-14-5-3-2-4-13(14)16(22)19(10)17-9-11-8-12(20(23)24)6-7-15(11)21/h2-9,21H,1H3/p-1. The molecule has 0 amide bonds. The van der Waals surface area contributed by atoms with Gasteiger partial charge in [-0.25, -0.2) is 4.98 Å². The summed E-state index contributed by atoms with van der Waals surface area (Å²) in [5, 5.41) is 26.9. The van der Waals surface area contributed by atoms with E-state index < -0.39 is 10.7 Å². The number of nitro benzene ring substituents is 1. The van der Waals surface area contributed by atoms with Gasteiger partial charge in [0, 0.05) is 12.1 Å². The Kier molecular flexibility index (Phi) is 3.78. The third-order valence-corrected chi connectivity index (χ3v) is 3.43. The fraction of sp³-hybridized carbons (Fsp3) is 0.0625. The van der Waals surface area contributed by atoms with Crippen molar-refractivity contribution in [1.29, 1.82) is 0 Å². The van der Waals surface area contributed by atoms with E-state index in [0.29, 0.717) is 16.7 Å². The molecule has 0 saturated carbocycles. The summed E-state index contributed by atoms with van der Waals surface area (Å²) in [5.74, 6) is -0.0865. The zero-order chi connectivity index (χ0) is 17.3. The molecule has 0 N–H and O–H groups in total. The molecule has 3 rings (SSSR count). The highest BCUT2D eigenvalue weighted by atomic mass is 16.6. The van der Waals surface area contributed by atoms with E-state index in [1.807, 2.05) is 0 Å². The van der Waals surface area contributed by atoms with Gasteiger partial charge < -0.3 is 5.11 Å². The van der Waals surface area contributed by atoms with E-state index in [2.05, 4.69) is 10.1 Å². The molecular formula is C16H11N4O4-. The first-order chi connectivity index (χ1) is 11.5. The van der Waals surface area contributed by atoms with Crippen LogP contribution in [0.5, 0.6) is 5.75 Å². The van der Waals surface area contributed by atoms with Crippen molar-refractivity contribution in [3.63, 3.8) is 0 Å². The molecule has 2 aromatic carbocycles. The van der Waals surface area contributed by atoms with Crippen LogP contribution in [0.25, 0.3) is 10.9 Å². The Hall–Kier alpha value is -3.55. The quantitative estimate of drug-likeness (QED) is 0.412. The zero-order valence-electron chi connectivity index (χ0n) is 12.5. The topological polar surface area (TPSA) is 113 Å². The van der Waals surface area contributed by atoms with E-state index in [1.165, 1.54) is 0 Å². The van der Waals surface area contributed by atoms with Gasteiger partial charge in [0.1, 0.15) is 5.82 Å². The molecule has 0 atom stereocenters. The second kappa shape index (κ2) is 5.92. The van der Waals surface area contributed by atoms with Gasteiger partial charge in [-0.15, -0.1) is 0 Å². The largest absolute Gasteiger partial charge is 0.872 e. The molecule has 8 nitrogen and oxygen atoms in total. The van der Waals surface area contributed by atoms with E-state index in [1.54, 1.807) is 31.2 Å². The summed E-state index contributed by atoms with van der Waals surface area (Å²) in [6, 6.07) is 10.2. The van der Waals surface area contributed by atoms with Crippen molar-refractivity contribution in [1.82, 2.24) is 9.66 Å². The first kappa shape index (κ1) is 15.3. The lowest BCUT2D eigenvalue weighted by molar-refractivity contribution is -0.385. The third kappa shape index (κ3) is 2.72. The highest BCUT2D eigenvalue weighted by Crippen LogP contribution is 2.19. The molecule has 8 heteroatoms. The lowest BCUT2D eigenvalue weighted by Gasteiger charge is -2.09. The number of non-ortho nitro benzene ring substituents is 1. The maximum atomic E-state index is 12.5. The Labute approximate surface area is 135 Å². The molecule has 0 saturated heterocycles. The molecule has 0 bridgehead atoms. The molecule has 1 heterocycles. The maximum Gasteiger partial charge on any atom is 0.282 e. The predicted molar refractivity (Wildman–Crippen MR) is 86.3 cm³/mol. The molecule has 120 valence electrons. The van der Waals surface area contributed by atoms with Crippen LogP contribution in [-0.2, 0) is 0 Å². The van der Waals surface area contributed by atoms with Gasteiger partial charge in [-0.05, 0) is 24.6 Å². The minimum absolute atomic E-state index is 0.0173. The first-order valence-electron chi connectivity index (χ1n) is 6.95. The average molecular weight is 323 g/mol. The van der Waals surface area contributed by atoms with Crippen molar-refractivity contribution < 1.29 is 10.0 Å². The smallest absolute Gasteiger partial charge is 0.282 e. The minimum atomic E-state index is -0.605. The number of nitrogens with zero attached hydrogens (tertiary/aromatic N) is 4. The Bertz CT molecular complexity index is 1040. The van der Waals surface area contributed by atoms with Gasteiger partial charge >= 0.3 is 0 Å². The molecule has 0 aliphatic carbocycles. The van der Waals surface area contributed by atoms with E-state index >= 15 is 0 Å². The van der Waals surface area contributed by atoms with Crippen molar-refractivity contribution in [2.75, 3.05) is 0 Å². The molecule has 0 aliphatic rings. The Balaban J connectivity index is 2.10. The first-order valence-corrected chi connectivity index (χ1v) is 6.95. The lowest BCUT2D eigenvalue weighted by Crippen LogP contribution is -2.20. The minimum Gasteiger partial charge on any atom is -0.872 e. The fourth-order valence-electron chi connectivity index (χ4n) is 2.24. The normalized spacial score (nSPS) is 11.2. The Morgan fingerprint density at radius 2 is 2.00 bits per heavy atom. The number of aromatic nitrogens is 2. The summed E-state index contributed by atoms with van der Waals surface area (Å²) in [4.78, 5) is 26.9. The number of hydrogen-bond donors (Lipinski definition) is 0. The third-order valence-electron chi connectivity index (χ3n) is 3.43. The second-order valence-electron chi connectivity index (χ2n) is 5.02. The molecule has 24 heavy (non-hydrogen) atoms. The van der Waals surface area contributed by atoms with Crippen molar-refractivity contribution >= 4 is 22.8 Å². The summed E-state index contributed by atoms with van der Waals surface area (Å²) < 4.78 is 1.06. The maximum absolute atomic E-state index is 12.5. The van der Waals surface area contributed by atoms with Crippen LogP contribution in [0.4, 0.5) is 5.69 Å². The van der Waals surface area contributed by atoms with Gasteiger partial charge in [-0.1, -0.05) is 23.9 Å². The average Bonchev–Trinajstić information content (AvgIpc) is 2.56. The van der Waals surface area contributed by atoms with E-state index in [4.69, 9.17) is 0 Å². The number of fused-ring (bicyclic) bond motifs is 1. The van der Waals surface area contributed by atoms with Gasteiger partial charge in [0.25, 0.3) is 11.2 Å². The highest BCUT2D eigenvalue weighted by Gasteiger charge is 2.08. The van der Waals surface area contributed by atoms with Crippen molar-refractivity contribution in [3.05, 3.63) is 74.3 Å². The van der Waals surface area contributed by atoms with Gasteiger partial charge in [-0.2, -0.15) is 9.78 Å². The summed E-state index contributed by atoms with van der Waals surface area (Å²) in [5.41, 5.74) is -0.0426. The zero-order valence-corrected chi connectivity index (χ0v) is 12.5. The van der Waals surface area contributed by atoms with Gasteiger partial charge in [-0.3, -0.25) is 14.9 Å².